The predicted molar refractivity (Wildman–Crippen MR) is 108 cm³/mol. The van der Waals surface area contributed by atoms with Gasteiger partial charge in [0.05, 0.1) is 22.5 Å². The smallest absolute Gasteiger partial charge is 0.259 e. The predicted octanol–water partition coefficient (Wildman–Crippen LogP) is 3.11. The van der Waals surface area contributed by atoms with Gasteiger partial charge in [0, 0.05) is 25.8 Å². The molecular formula is C21H21FN4O3. The van der Waals surface area contributed by atoms with Crippen molar-refractivity contribution >= 4 is 28.5 Å². The molecule has 0 fully saturated rings. The molecule has 3 aromatic rings. The molecule has 0 radical (unpaired) electrons. The number of amides is 2. The molecule has 150 valence electrons. The lowest BCUT2D eigenvalue weighted by Crippen LogP contribution is -2.27. The highest BCUT2D eigenvalue weighted by Crippen LogP contribution is 2.21. The number of carbonyl (C=O) groups excluding carboxylic acids is 2. The number of benzene rings is 2. The zero-order valence-electron chi connectivity index (χ0n) is 16.6. The van der Waals surface area contributed by atoms with E-state index in [1.54, 1.807) is 52.2 Å². The van der Waals surface area contributed by atoms with Crippen molar-refractivity contribution in [3.8, 4) is 5.75 Å². The molecule has 0 aliphatic carbocycles. The molecule has 0 bridgehead atoms. The van der Waals surface area contributed by atoms with Crippen LogP contribution in [0.1, 0.15) is 21.7 Å². The largest absolute Gasteiger partial charge is 0.484 e. The van der Waals surface area contributed by atoms with E-state index < -0.39 is 11.7 Å². The summed E-state index contributed by atoms with van der Waals surface area (Å²) < 4.78 is 19.4. The van der Waals surface area contributed by atoms with Crippen LogP contribution in [0, 0.1) is 19.7 Å². The molecule has 0 atom stereocenters. The Kier molecular flexibility index (Phi) is 5.72. The summed E-state index contributed by atoms with van der Waals surface area (Å²) in [5, 5.41) is 2.72. The Morgan fingerprint density at radius 1 is 1.07 bits per heavy atom. The lowest BCUT2D eigenvalue weighted by atomic mass is 10.1. The Hall–Kier alpha value is -3.55. The van der Waals surface area contributed by atoms with E-state index in [1.807, 2.05) is 0 Å². The molecule has 0 saturated heterocycles. The molecule has 1 aromatic heterocycles. The van der Waals surface area contributed by atoms with E-state index in [1.165, 1.54) is 11.0 Å². The molecule has 29 heavy (non-hydrogen) atoms. The van der Waals surface area contributed by atoms with Crippen molar-refractivity contribution in [3.05, 3.63) is 59.2 Å². The molecule has 8 heteroatoms. The van der Waals surface area contributed by atoms with Crippen LogP contribution in [0.3, 0.4) is 0 Å². The molecule has 0 unspecified atom stereocenters. The quantitative estimate of drug-likeness (QED) is 0.716. The Morgan fingerprint density at radius 3 is 2.38 bits per heavy atom. The highest BCUT2D eigenvalue weighted by Gasteiger charge is 2.16. The van der Waals surface area contributed by atoms with Crippen molar-refractivity contribution in [1.82, 2.24) is 14.9 Å². The van der Waals surface area contributed by atoms with Crippen LogP contribution in [0.2, 0.25) is 0 Å². The van der Waals surface area contributed by atoms with E-state index in [0.29, 0.717) is 33.9 Å². The van der Waals surface area contributed by atoms with Gasteiger partial charge < -0.3 is 15.0 Å². The third kappa shape index (κ3) is 4.66. The van der Waals surface area contributed by atoms with Gasteiger partial charge in [-0.3, -0.25) is 9.59 Å². The maximum absolute atomic E-state index is 14.0. The van der Waals surface area contributed by atoms with Crippen LogP contribution in [0.4, 0.5) is 10.1 Å². The number of likely N-dealkylation sites (N-methyl/N-ethyl adjacent to an activating group) is 1. The van der Waals surface area contributed by atoms with Gasteiger partial charge in [-0.05, 0) is 44.2 Å². The van der Waals surface area contributed by atoms with Gasteiger partial charge in [-0.1, -0.05) is 0 Å². The first kappa shape index (κ1) is 20.2. The summed E-state index contributed by atoms with van der Waals surface area (Å²) >= 11 is 0. The standard InChI is InChI=1S/C21H21FN4O3/c1-12-13(2)24-20-17(9-14(22)10-18(20)23-12)21(28)25-15-5-7-16(8-6-15)29-11-19(27)26(3)4/h5-10H,11H2,1-4H3,(H,25,28). The number of anilines is 1. The zero-order valence-corrected chi connectivity index (χ0v) is 16.6. The van der Waals surface area contributed by atoms with E-state index in [-0.39, 0.29) is 18.1 Å². The van der Waals surface area contributed by atoms with Crippen LogP contribution in [0.25, 0.3) is 11.0 Å². The number of nitrogens with one attached hydrogen (secondary N) is 1. The molecule has 7 nitrogen and oxygen atoms in total. The minimum absolute atomic E-state index is 0.0780. The molecule has 2 aromatic carbocycles. The summed E-state index contributed by atoms with van der Waals surface area (Å²) in [6.45, 7) is 3.49. The maximum atomic E-state index is 14.0. The number of aromatic nitrogens is 2. The molecule has 0 aliphatic heterocycles. The van der Waals surface area contributed by atoms with E-state index in [0.717, 1.165) is 6.07 Å². The summed E-state index contributed by atoms with van der Waals surface area (Å²) in [4.78, 5) is 34.4. The SMILES string of the molecule is Cc1nc2cc(F)cc(C(=O)Nc3ccc(OCC(=O)N(C)C)cc3)c2nc1C. The van der Waals surface area contributed by atoms with Crippen LogP contribution < -0.4 is 10.1 Å². The van der Waals surface area contributed by atoms with Gasteiger partial charge >= 0.3 is 0 Å². The molecule has 1 N–H and O–H groups in total. The second-order valence-electron chi connectivity index (χ2n) is 6.77. The molecule has 0 aliphatic rings. The van der Waals surface area contributed by atoms with Gasteiger partial charge in [0.1, 0.15) is 17.1 Å². The Balaban J connectivity index is 1.78. The van der Waals surface area contributed by atoms with Crippen LogP contribution in [-0.4, -0.2) is 47.4 Å². The normalized spacial score (nSPS) is 10.7. The summed E-state index contributed by atoms with van der Waals surface area (Å²) in [5.74, 6) is -0.726. The van der Waals surface area contributed by atoms with Crippen molar-refractivity contribution < 1.29 is 18.7 Å². The Bertz CT molecular complexity index is 1080. The fraction of sp³-hybridized carbons (Fsp3) is 0.238. The number of hydrogen-bond acceptors (Lipinski definition) is 5. The number of carbonyl (C=O) groups is 2. The van der Waals surface area contributed by atoms with Gasteiger partial charge in [-0.2, -0.15) is 0 Å². The third-order valence-corrected chi connectivity index (χ3v) is 4.36. The van der Waals surface area contributed by atoms with E-state index >= 15 is 0 Å². The number of halogens is 1. The minimum Gasteiger partial charge on any atom is -0.484 e. The van der Waals surface area contributed by atoms with E-state index in [2.05, 4.69) is 15.3 Å². The number of fused-ring (bicyclic) bond motifs is 1. The molecule has 0 saturated carbocycles. The van der Waals surface area contributed by atoms with Crippen molar-refractivity contribution in [2.75, 3.05) is 26.0 Å². The van der Waals surface area contributed by atoms with Crippen molar-refractivity contribution in [3.63, 3.8) is 0 Å². The van der Waals surface area contributed by atoms with Crippen LogP contribution in [-0.2, 0) is 4.79 Å². The van der Waals surface area contributed by atoms with Crippen molar-refractivity contribution in [1.29, 1.82) is 0 Å². The van der Waals surface area contributed by atoms with Gasteiger partial charge in [-0.15, -0.1) is 0 Å². The lowest BCUT2D eigenvalue weighted by Gasteiger charge is -2.12. The fourth-order valence-corrected chi connectivity index (χ4v) is 2.58. The monoisotopic (exact) mass is 396 g/mol. The molecule has 1 heterocycles. The number of rotatable bonds is 5. The number of ether oxygens (including phenoxy) is 1. The molecule has 0 spiro atoms. The molecule has 3 rings (SSSR count). The van der Waals surface area contributed by atoms with E-state index in [4.69, 9.17) is 4.74 Å². The zero-order chi connectivity index (χ0) is 21.1. The highest BCUT2D eigenvalue weighted by atomic mass is 19.1. The van der Waals surface area contributed by atoms with Gasteiger partial charge in [0.15, 0.2) is 6.61 Å². The lowest BCUT2D eigenvalue weighted by molar-refractivity contribution is -0.130. The van der Waals surface area contributed by atoms with Crippen molar-refractivity contribution in [2.45, 2.75) is 13.8 Å². The first-order chi connectivity index (χ1) is 13.7. The third-order valence-electron chi connectivity index (χ3n) is 4.36. The van der Waals surface area contributed by atoms with Crippen molar-refractivity contribution in [2.24, 2.45) is 0 Å². The summed E-state index contributed by atoms with van der Waals surface area (Å²) in [6.07, 6.45) is 0. The highest BCUT2D eigenvalue weighted by molar-refractivity contribution is 6.11. The second kappa shape index (κ2) is 8.22. The number of nitrogens with zero attached hydrogens (tertiary/aromatic N) is 3. The molecular weight excluding hydrogens is 375 g/mol. The maximum Gasteiger partial charge on any atom is 0.259 e. The first-order valence-electron chi connectivity index (χ1n) is 8.93. The molecule has 2 amide bonds. The summed E-state index contributed by atoms with van der Waals surface area (Å²) in [6, 6.07) is 8.94. The Labute approximate surface area is 167 Å². The summed E-state index contributed by atoms with van der Waals surface area (Å²) in [7, 11) is 3.29. The summed E-state index contributed by atoms with van der Waals surface area (Å²) in [5.41, 5.74) is 2.62. The van der Waals surface area contributed by atoms with Gasteiger partial charge in [0.25, 0.3) is 11.8 Å². The minimum atomic E-state index is -0.561. The average Bonchev–Trinajstić information content (AvgIpc) is 2.67. The topological polar surface area (TPSA) is 84.4 Å². The average molecular weight is 396 g/mol. The number of aryl methyl sites for hydroxylation is 2. The van der Waals surface area contributed by atoms with Crippen LogP contribution in [0.5, 0.6) is 5.75 Å². The van der Waals surface area contributed by atoms with Crippen LogP contribution in [0.15, 0.2) is 36.4 Å². The Morgan fingerprint density at radius 2 is 1.72 bits per heavy atom. The van der Waals surface area contributed by atoms with E-state index in [9.17, 15) is 14.0 Å². The van der Waals surface area contributed by atoms with Gasteiger partial charge in [0.2, 0.25) is 0 Å². The number of hydrogen-bond donors (Lipinski definition) is 1. The second-order valence-corrected chi connectivity index (χ2v) is 6.77. The first-order valence-corrected chi connectivity index (χ1v) is 8.93. The fourth-order valence-electron chi connectivity index (χ4n) is 2.58. The van der Waals surface area contributed by atoms with Crippen LogP contribution >= 0.6 is 0 Å². The van der Waals surface area contributed by atoms with Gasteiger partial charge in [-0.25, -0.2) is 14.4 Å².